The number of piperidine rings is 3. The van der Waals surface area contributed by atoms with Crippen molar-refractivity contribution in [2.24, 2.45) is 11.3 Å². The first-order chi connectivity index (χ1) is 35.1. The summed E-state index contributed by atoms with van der Waals surface area (Å²) < 4.78 is 66.1. The van der Waals surface area contributed by atoms with Crippen LogP contribution in [0, 0.1) is 17.2 Å². The van der Waals surface area contributed by atoms with Crippen LogP contribution in [-0.4, -0.2) is 125 Å². The van der Waals surface area contributed by atoms with Crippen molar-refractivity contribution in [3.63, 3.8) is 0 Å². The molecule has 21 heteroatoms. The lowest BCUT2D eigenvalue weighted by Gasteiger charge is -2.57. The average Bonchev–Trinajstić information content (AvgIpc) is 4.13. The Morgan fingerprint density at radius 3 is 2.22 bits per heavy atom. The second-order valence-corrected chi connectivity index (χ2v) is 19.8. The van der Waals surface area contributed by atoms with E-state index in [0.717, 1.165) is 51.0 Å². The number of anilines is 4. The largest absolute Gasteiger partial charge is 0.573 e. The summed E-state index contributed by atoms with van der Waals surface area (Å²) in [5.41, 5.74) is 1.52. The summed E-state index contributed by atoms with van der Waals surface area (Å²) in [5.74, 6) is -1.17. The first kappa shape index (κ1) is 47.9. The van der Waals surface area contributed by atoms with Crippen molar-refractivity contribution in [2.45, 2.75) is 76.0 Å². The molecular weight excluding hydrogens is 953 g/mol. The molecule has 6 aliphatic heterocycles. The fourth-order valence-corrected chi connectivity index (χ4v) is 11.0. The molecule has 380 valence electrons. The summed E-state index contributed by atoms with van der Waals surface area (Å²) in [6.07, 6.45) is 2.06. The molecule has 0 spiro atoms. The summed E-state index contributed by atoms with van der Waals surface area (Å²) in [6, 6.07) is 18.2. The fraction of sp³-hybridized carbons (Fsp3) is 0.404. The highest BCUT2D eigenvalue weighted by molar-refractivity contribution is 6.17. The van der Waals surface area contributed by atoms with Gasteiger partial charge in [0.2, 0.25) is 23.6 Å². The SMILES string of the molecule is O=C1CCC(N2Cc3cc(NCCN4C5CC4CN(CC4CCN(c6cc7nccc(Oc8ccc(NC(=O)C9(C(=O)Nc%10ccc(F)cc%10)CC9)cc8)c7cc6OC(F)(F)F)CC4)C5)ncc3C2=O)C(=O)N1. The number of nitrogens with one attached hydrogen (secondary N) is 4. The van der Waals surface area contributed by atoms with Crippen molar-refractivity contribution in [3.8, 4) is 17.2 Å². The smallest absolute Gasteiger partial charge is 0.457 e. The topological polar surface area (TPSA) is 191 Å². The van der Waals surface area contributed by atoms with Crippen molar-refractivity contribution in [2.75, 3.05) is 66.7 Å². The Labute approximate surface area is 416 Å². The lowest BCUT2D eigenvalue weighted by Crippen LogP contribution is -2.69. The third-order valence-corrected chi connectivity index (χ3v) is 15.0. The van der Waals surface area contributed by atoms with Gasteiger partial charge in [-0.1, -0.05) is 0 Å². The lowest BCUT2D eigenvalue weighted by atomic mass is 9.86. The second kappa shape index (κ2) is 19.2. The molecule has 2 aromatic heterocycles. The van der Waals surface area contributed by atoms with Gasteiger partial charge in [-0.2, -0.15) is 0 Å². The van der Waals surface area contributed by atoms with Gasteiger partial charge in [0.15, 0.2) is 5.75 Å². The zero-order valence-electron chi connectivity index (χ0n) is 39.6. The van der Waals surface area contributed by atoms with Gasteiger partial charge in [-0.15, -0.1) is 13.2 Å². The van der Waals surface area contributed by atoms with E-state index < -0.39 is 41.4 Å². The molecule has 17 nitrogen and oxygen atoms in total. The highest BCUT2D eigenvalue weighted by atomic mass is 19.4. The van der Waals surface area contributed by atoms with Crippen LogP contribution in [0.15, 0.2) is 85.2 Å². The van der Waals surface area contributed by atoms with Crippen LogP contribution < -0.4 is 35.6 Å². The first-order valence-corrected chi connectivity index (χ1v) is 24.6. The number of ether oxygens (including phenoxy) is 2. The van der Waals surface area contributed by atoms with Gasteiger partial charge < -0.3 is 35.2 Å². The van der Waals surface area contributed by atoms with Gasteiger partial charge in [0, 0.05) is 100 Å². The van der Waals surface area contributed by atoms with Gasteiger partial charge >= 0.3 is 6.36 Å². The summed E-state index contributed by atoms with van der Waals surface area (Å²) in [4.78, 5) is 80.8. The van der Waals surface area contributed by atoms with E-state index in [9.17, 15) is 41.5 Å². The van der Waals surface area contributed by atoms with Gasteiger partial charge in [0.1, 0.15) is 34.6 Å². The molecule has 4 N–H and O–H groups in total. The van der Waals surface area contributed by atoms with Crippen molar-refractivity contribution in [1.82, 2.24) is 30.0 Å². The number of hydrogen-bond acceptors (Lipinski definition) is 13. The number of alkyl halides is 3. The summed E-state index contributed by atoms with van der Waals surface area (Å²) in [7, 11) is 0. The van der Waals surface area contributed by atoms with Crippen LogP contribution in [0.25, 0.3) is 10.9 Å². The number of amides is 5. The Morgan fingerprint density at radius 1 is 0.849 bits per heavy atom. The van der Waals surface area contributed by atoms with Crippen molar-refractivity contribution in [3.05, 3.63) is 102 Å². The molecule has 2 bridgehead atoms. The lowest BCUT2D eigenvalue weighted by molar-refractivity contribution is -0.274. The van der Waals surface area contributed by atoms with E-state index in [1.807, 2.05) is 11.0 Å². The quantitative estimate of drug-likeness (QED) is 0.0495. The van der Waals surface area contributed by atoms with E-state index in [1.165, 1.54) is 41.4 Å². The summed E-state index contributed by atoms with van der Waals surface area (Å²) in [5, 5.41) is 11.5. The number of halogens is 4. The predicted octanol–water partition coefficient (Wildman–Crippen LogP) is 6.67. The monoisotopic (exact) mass is 1000 g/mol. The number of rotatable bonds is 15. The van der Waals surface area contributed by atoms with Gasteiger partial charge in [-0.25, -0.2) is 9.37 Å². The molecular formula is C52H52F4N10O7. The predicted molar refractivity (Wildman–Crippen MR) is 259 cm³/mol. The highest BCUT2D eigenvalue weighted by Crippen LogP contribution is 2.48. The molecule has 3 atom stereocenters. The minimum Gasteiger partial charge on any atom is -0.457 e. The second-order valence-electron chi connectivity index (χ2n) is 19.8. The molecule has 12 rings (SSSR count). The van der Waals surface area contributed by atoms with Gasteiger partial charge in [0.25, 0.3) is 5.91 Å². The van der Waals surface area contributed by atoms with Gasteiger partial charge in [-0.05, 0) is 123 Å². The Balaban J connectivity index is 0.663. The molecule has 1 aliphatic carbocycles. The molecule has 5 amide bonds. The molecule has 1 saturated carbocycles. The summed E-state index contributed by atoms with van der Waals surface area (Å²) in [6.45, 7) is 5.68. The van der Waals surface area contributed by atoms with Crippen LogP contribution in [0.3, 0.4) is 0 Å². The zero-order chi connectivity index (χ0) is 50.6. The van der Waals surface area contributed by atoms with Crippen LogP contribution >= 0.6 is 0 Å². The molecule has 7 aliphatic rings. The maximum absolute atomic E-state index is 14.0. The van der Waals surface area contributed by atoms with E-state index in [2.05, 4.69) is 45.8 Å². The zero-order valence-corrected chi connectivity index (χ0v) is 39.6. The molecule has 3 aromatic carbocycles. The van der Waals surface area contributed by atoms with Crippen LogP contribution in [-0.2, 0) is 25.7 Å². The Bertz CT molecular complexity index is 2970. The number of aromatic nitrogens is 2. The molecule has 6 fully saturated rings. The van der Waals surface area contributed by atoms with Gasteiger partial charge in [-0.3, -0.25) is 44.1 Å². The first-order valence-electron chi connectivity index (χ1n) is 24.6. The Kier molecular flexibility index (Phi) is 12.6. The Morgan fingerprint density at radius 2 is 1.55 bits per heavy atom. The van der Waals surface area contributed by atoms with Crippen LogP contribution in [0.5, 0.6) is 17.2 Å². The normalized spacial score (nSPS) is 21.8. The van der Waals surface area contributed by atoms with Crippen molar-refractivity contribution < 1.29 is 51.0 Å². The molecule has 0 radical (unpaired) electrons. The van der Waals surface area contributed by atoms with E-state index in [-0.39, 0.29) is 36.3 Å². The average molecular weight is 1010 g/mol. The van der Waals surface area contributed by atoms with Crippen LogP contribution in [0.1, 0.15) is 60.9 Å². The highest BCUT2D eigenvalue weighted by Gasteiger charge is 2.56. The number of fused-ring (bicyclic) bond motifs is 4. The van der Waals surface area contributed by atoms with Crippen molar-refractivity contribution >= 4 is 63.3 Å². The number of imide groups is 1. The molecule has 5 saturated heterocycles. The van der Waals surface area contributed by atoms with Crippen molar-refractivity contribution in [1.29, 1.82) is 0 Å². The molecule has 5 aromatic rings. The van der Waals surface area contributed by atoms with E-state index in [1.54, 1.807) is 42.6 Å². The maximum Gasteiger partial charge on any atom is 0.573 e. The van der Waals surface area contributed by atoms with Crippen LogP contribution in [0.2, 0.25) is 0 Å². The Hall–Kier alpha value is -7.39. The molecule has 73 heavy (non-hydrogen) atoms. The minimum absolute atomic E-state index is 0.196. The number of nitrogens with zero attached hydrogens (tertiary/aromatic N) is 6. The minimum atomic E-state index is -4.95. The van der Waals surface area contributed by atoms with Gasteiger partial charge in [0.05, 0.1) is 16.8 Å². The molecule has 3 unspecified atom stereocenters. The number of benzene rings is 3. The fourth-order valence-electron chi connectivity index (χ4n) is 11.0. The third kappa shape index (κ3) is 10.1. The summed E-state index contributed by atoms with van der Waals surface area (Å²) >= 11 is 0. The maximum atomic E-state index is 14.0. The molecule has 8 heterocycles. The van der Waals surface area contributed by atoms with Crippen LogP contribution in [0.4, 0.5) is 40.4 Å². The number of hydrogen-bond donors (Lipinski definition) is 4. The van der Waals surface area contributed by atoms with E-state index >= 15 is 0 Å². The standard InChI is InChI=1S/C52H52F4N10O7/c53-32-1-3-33(4-2-32)60-49(70)51(14-15-51)50(71)61-34-5-7-37(8-6-34)72-43-11-16-57-40-24-42(44(23-38(40)43)73-52(54,55)56)64-18-12-30(13-19-64)26-63-28-35-22-36(29-63)65(35)20-17-58-45-21-31-27-66(48(69)39(31)25-59-45)41-9-10-46(67)62-47(41)68/h1-8,11,16,21,23-25,30,35-36,41H,9-10,12-15,17-20,22,26-29H2,(H,58,59)(H,60,70)(H,61,71)(H,62,67,68). The third-order valence-electron chi connectivity index (χ3n) is 15.0. The number of piperazine rings is 1. The van der Waals surface area contributed by atoms with E-state index in [0.29, 0.717) is 102 Å². The van der Waals surface area contributed by atoms with E-state index in [4.69, 9.17) is 4.74 Å². The number of pyridine rings is 2. The number of carbonyl (C=O) groups excluding carboxylic acids is 5. The number of carbonyl (C=O) groups is 5.